The van der Waals surface area contributed by atoms with Gasteiger partial charge in [-0.1, -0.05) is 25.9 Å². The van der Waals surface area contributed by atoms with Gasteiger partial charge >= 0.3 is 0 Å². The van der Waals surface area contributed by atoms with E-state index in [0.29, 0.717) is 17.2 Å². The largest absolute Gasteiger partial charge is 0.336 e. The molecule has 2 fully saturated rings. The van der Waals surface area contributed by atoms with Crippen molar-refractivity contribution >= 4 is 17.0 Å². The van der Waals surface area contributed by atoms with Crippen molar-refractivity contribution in [1.82, 2.24) is 20.4 Å². The second-order valence-corrected chi connectivity index (χ2v) is 8.97. The smallest absolute Gasteiger partial charge is 0.259 e. The van der Waals surface area contributed by atoms with Crippen LogP contribution in [0.1, 0.15) is 68.2 Å². The summed E-state index contributed by atoms with van der Waals surface area (Å²) in [5.41, 5.74) is 3.10. The quantitative estimate of drug-likeness (QED) is 0.915. The van der Waals surface area contributed by atoms with Crippen LogP contribution in [0.15, 0.2) is 10.6 Å². The summed E-state index contributed by atoms with van der Waals surface area (Å²) in [6, 6.07) is 2.18. The van der Waals surface area contributed by atoms with Gasteiger partial charge in [0.25, 0.3) is 11.6 Å². The van der Waals surface area contributed by atoms with Crippen molar-refractivity contribution in [3.63, 3.8) is 0 Å². The van der Waals surface area contributed by atoms with Crippen molar-refractivity contribution < 1.29 is 9.32 Å². The van der Waals surface area contributed by atoms with E-state index in [2.05, 4.69) is 43.2 Å². The van der Waals surface area contributed by atoms with Crippen LogP contribution in [0.25, 0.3) is 11.1 Å². The van der Waals surface area contributed by atoms with E-state index in [0.717, 1.165) is 55.7 Å². The zero-order chi connectivity index (χ0) is 18.5. The minimum Gasteiger partial charge on any atom is -0.336 e. The Balaban J connectivity index is 1.81. The Morgan fingerprint density at radius 3 is 2.81 bits per heavy atom. The van der Waals surface area contributed by atoms with Crippen LogP contribution < -0.4 is 5.32 Å². The van der Waals surface area contributed by atoms with E-state index < -0.39 is 0 Å². The van der Waals surface area contributed by atoms with Crippen molar-refractivity contribution in [1.29, 1.82) is 0 Å². The first-order valence-electron chi connectivity index (χ1n) is 9.64. The topological polar surface area (TPSA) is 71.3 Å². The normalized spacial score (nSPS) is 21.4. The molecule has 6 nitrogen and oxygen atoms in total. The molecule has 1 aliphatic heterocycles. The molecule has 0 bridgehead atoms. The predicted molar refractivity (Wildman–Crippen MR) is 100 cm³/mol. The molecule has 0 radical (unpaired) electrons. The second-order valence-electron chi connectivity index (χ2n) is 8.97. The predicted octanol–water partition coefficient (Wildman–Crippen LogP) is 3.12. The molecule has 2 aromatic heterocycles. The maximum Gasteiger partial charge on any atom is 0.259 e. The van der Waals surface area contributed by atoms with Gasteiger partial charge in [-0.25, -0.2) is 4.98 Å². The molecule has 1 saturated carbocycles. The molecule has 6 heteroatoms. The number of piperazine rings is 1. The van der Waals surface area contributed by atoms with Crippen LogP contribution in [-0.2, 0) is 6.42 Å². The van der Waals surface area contributed by atoms with Gasteiger partial charge in [0.15, 0.2) is 0 Å². The average molecular weight is 356 g/mol. The summed E-state index contributed by atoms with van der Waals surface area (Å²) in [6.45, 7) is 11.0. The highest BCUT2D eigenvalue weighted by molar-refractivity contribution is 6.06. The van der Waals surface area contributed by atoms with Crippen LogP contribution in [0.3, 0.4) is 0 Å². The lowest BCUT2D eigenvalue weighted by molar-refractivity contribution is 0.0657. The second kappa shape index (κ2) is 6.34. The number of hydrogen-bond acceptors (Lipinski definition) is 5. The molecule has 1 amide bonds. The number of nitrogens with zero attached hydrogens (tertiary/aromatic N) is 3. The van der Waals surface area contributed by atoms with E-state index in [-0.39, 0.29) is 17.4 Å². The van der Waals surface area contributed by atoms with Gasteiger partial charge in [-0.3, -0.25) is 4.79 Å². The fraction of sp³-hybridized carbons (Fsp3) is 0.650. The molecule has 1 saturated heterocycles. The number of nitrogens with one attached hydrogen (secondary N) is 1. The Bertz CT molecular complexity index is 832. The number of aromatic nitrogens is 2. The summed E-state index contributed by atoms with van der Waals surface area (Å²) in [7, 11) is 0. The summed E-state index contributed by atoms with van der Waals surface area (Å²) in [5, 5.41) is 8.44. The van der Waals surface area contributed by atoms with Crippen LogP contribution in [-0.4, -0.2) is 46.6 Å². The maximum atomic E-state index is 13.4. The van der Waals surface area contributed by atoms with E-state index in [1.807, 2.05) is 11.0 Å². The van der Waals surface area contributed by atoms with E-state index >= 15 is 0 Å². The van der Waals surface area contributed by atoms with Gasteiger partial charge in [-0.05, 0) is 37.7 Å². The van der Waals surface area contributed by atoms with Crippen molar-refractivity contribution in [2.75, 3.05) is 19.6 Å². The van der Waals surface area contributed by atoms with Crippen molar-refractivity contribution in [3.8, 4) is 0 Å². The molecule has 26 heavy (non-hydrogen) atoms. The number of rotatable bonds is 3. The molecule has 1 aliphatic carbocycles. The highest BCUT2D eigenvalue weighted by Crippen LogP contribution is 2.41. The maximum absolute atomic E-state index is 13.4. The molecule has 2 aromatic rings. The fourth-order valence-corrected chi connectivity index (χ4v) is 3.71. The Morgan fingerprint density at radius 2 is 2.15 bits per heavy atom. The summed E-state index contributed by atoms with van der Waals surface area (Å²) in [4.78, 5) is 20.1. The van der Waals surface area contributed by atoms with Gasteiger partial charge in [0.1, 0.15) is 0 Å². The van der Waals surface area contributed by atoms with Gasteiger partial charge in [0, 0.05) is 37.3 Å². The molecule has 1 N–H and O–H groups in total. The van der Waals surface area contributed by atoms with E-state index in [1.165, 1.54) is 0 Å². The molecule has 3 heterocycles. The number of pyridine rings is 1. The lowest BCUT2D eigenvalue weighted by atomic mass is 9.89. The minimum atomic E-state index is 0.0572. The Hall–Kier alpha value is -1.95. The third-order valence-electron chi connectivity index (χ3n) is 5.22. The zero-order valence-corrected chi connectivity index (χ0v) is 16.1. The Morgan fingerprint density at radius 1 is 1.38 bits per heavy atom. The number of carbonyl (C=O) groups excluding carboxylic acids is 1. The molecule has 0 spiro atoms. The fourth-order valence-electron chi connectivity index (χ4n) is 3.71. The summed E-state index contributed by atoms with van der Waals surface area (Å²) >= 11 is 0. The highest BCUT2D eigenvalue weighted by Gasteiger charge is 2.32. The summed E-state index contributed by atoms with van der Waals surface area (Å²) < 4.78 is 5.57. The number of amides is 1. The third-order valence-corrected chi connectivity index (χ3v) is 5.22. The first-order chi connectivity index (χ1) is 12.3. The first kappa shape index (κ1) is 17.5. The van der Waals surface area contributed by atoms with Crippen LogP contribution in [0.5, 0.6) is 0 Å². The first-order valence-corrected chi connectivity index (χ1v) is 9.64. The van der Waals surface area contributed by atoms with Gasteiger partial charge in [-0.15, -0.1) is 0 Å². The zero-order valence-electron chi connectivity index (χ0n) is 16.1. The number of carbonyl (C=O) groups is 1. The molecular formula is C20H28N4O2. The van der Waals surface area contributed by atoms with Gasteiger partial charge < -0.3 is 14.7 Å². The monoisotopic (exact) mass is 356 g/mol. The average Bonchev–Trinajstić information content (AvgIpc) is 3.36. The van der Waals surface area contributed by atoms with Gasteiger partial charge in [0.05, 0.1) is 16.6 Å². The Kier molecular flexibility index (Phi) is 4.26. The van der Waals surface area contributed by atoms with E-state index in [9.17, 15) is 4.79 Å². The molecule has 1 unspecified atom stereocenters. The standard InChI is InChI=1S/C20H28N4O2/c1-12-11-21-7-8-24(12)19(25)14-9-15(13-5-6-13)22-18-17(14)16(23-26-18)10-20(2,3)4/h9,12-13,21H,5-8,10-11H2,1-4H3. The van der Waals surface area contributed by atoms with Gasteiger partial charge in [0.2, 0.25) is 0 Å². The van der Waals surface area contributed by atoms with Crippen LogP contribution >= 0.6 is 0 Å². The number of fused-ring (bicyclic) bond motifs is 1. The van der Waals surface area contributed by atoms with E-state index in [1.54, 1.807) is 0 Å². The SMILES string of the molecule is CC1CNCCN1C(=O)c1cc(C2CC2)nc2onc(CC(C)(C)C)c12. The van der Waals surface area contributed by atoms with Crippen molar-refractivity contribution in [3.05, 3.63) is 23.0 Å². The van der Waals surface area contributed by atoms with Crippen molar-refractivity contribution in [2.45, 2.75) is 58.9 Å². The molecule has 2 aliphatic rings. The lowest BCUT2D eigenvalue weighted by Gasteiger charge is -2.34. The van der Waals surface area contributed by atoms with E-state index in [4.69, 9.17) is 4.52 Å². The van der Waals surface area contributed by atoms with Crippen LogP contribution in [0.2, 0.25) is 0 Å². The minimum absolute atomic E-state index is 0.0572. The molecule has 1 atom stereocenters. The molecular weight excluding hydrogens is 328 g/mol. The van der Waals surface area contributed by atoms with Gasteiger partial charge in [-0.2, -0.15) is 0 Å². The highest BCUT2D eigenvalue weighted by atomic mass is 16.5. The van der Waals surface area contributed by atoms with Crippen LogP contribution in [0, 0.1) is 5.41 Å². The molecule has 140 valence electrons. The summed E-state index contributed by atoms with van der Waals surface area (Å²) in [5.74, 6) is 0.536. The molecule has 4 rings (SSSR count). The lowest BCUT2D eigenvalue weighted by Crippen LogP contribution is -2.52. The Labute approximate surface area is 154 Å². The van der Waals surface area contributed by atoms with Crippen LogP contribution in [0.4, 0.5) is 0 Å². The summed E-state index contributed by atoms with van der Waals surface area (Å²) in [6.07, 6.45) is 3.03. The molecule has 0 aromatic carbocycles. The number of hydrogen-bond donors (Lipinski definition) is 1. The third kappa shape index (κ3) is 3.34. The van der Waals surface area contributed by atoms with Crippen molar-refractivity contribution in [2.24, 2.45) is 5.41 Å².